The molecule has 1 aliphatic carbocycles. The van der Waals surface area contributed by atoms with E-state index in [4.69, 9.17) is 11.5 Å². The third-order valence-electron chi connectivity index (χ3n) is 3.12. The Morgan fingerprint density at radius 3 is 2.57 bits per heavy atom. The predicted octanol–water partition coefficient (Wildman–Crippen LogP) is -0.205. The first-order chi connectivity index (χ1) is 6.65. The van der Waals surface area contributed by atoms with Crippen molar-refractivity contribution in [2.24, 2.45) is 16.5 Å². The van der Waals surface area contributed by atoms with Gasteiger partial charge in [0.15, 0.2) is 5.96 Å². The minimum absolute atomic E-state index is 0.228. The molecule has 0 aromatic carbocycles. The molecule has 1 saturated carbocycles. The van der Waals surface area contributed by atoms with Crippen LogP contribution in [0.4, 0.5) is 0 Å². The Bertz CT molecular complexity index is 233. The Labute approximate surface area is 90.1 Å². The van der Waals surface area contributed by atoms with Crippen molar-refractivity contribution in [3.8, 4) is 0 Å². The summed E-state index contributed by atoms with van der Waals surface area (Å²) >= 11 is 4.41. The van der Waals surface area contributed by atoms with Crippen LogP contribution < -0.4 is 11.5 Å². The van der Waals surface area contributed by atoms with Crippen molar-refractivity contribution in [3.63, 3.8) is 0 Å². The molecular weight excluding hydrogens is 196 g/mol. The van der Waals surface area contributed by atoms with E-state index < -0.39 is 0 Å². The van der Waals surface area contributed by atoms with E-state index in [1.807, 2.05) is 0 Å². The van der Waals surface area contributed by atoms with E-state index >= 15 is 0 Å². The molecule has 4 nitrogen and oxygen atoms in total. The Morgan fingerprint density at radius 2 is 2.00 bits per heavy atom. The van der Waals surface area contributed by atoms with Crippen LogP contribution in [0.1, 0.15) is 19.3 Å². The third kappa shape index (κ3) is 2.15. The number of hydrogen-bond acceptors (Lipinski definition) is 3. The molecule has 80 valence electrons. The van der Waals surface area contributed by atoms with Gasteiger partial charge in [0.2, 0.25) is 0 Å². The molecule has 2 fully saturated rings. The van der Waals surface area contributed by atoms with Gasteiger partial charge in [-0.25, -0.2) is 0 Å². The summed E-state index contributed by atoms with van der Waals surface area (Å²) in [5, 5.41) is 0.581. The van der Waals surface area contributed by atoms with E-state index in [0.29, 0.717) is 17.3 Å². The van der Waals surface area contributed by atoms with Crippen LogP contribution >= 0.6 is 12.6 Å². The van der Waals surface area contributed by atoms with Crippen molar-refractivity contribution in [3.05, 3.63) is 0 Å². The molecule has 1 heterocycles. The van der Waals surface area contributed by atoms with Crippen molar-refractivity contribution in [1.29, 1.82) is 0 Å². The van der Waals surface area contributed by atoms with E-state index in [0.717, 1.165) is 25.9 Å². The number of hydrogen-bond donors (Lipinski definition) is 3. The highest BCUT2D eigenvalue weighted by atomic mass is 32.1. The smallest absolute Gasteiger partial charge is 0.186 e. The van der Waals surface area contributed by atoms with Crippen molar-refractivity contribution in [2.45, 2.75) is 36.6 Å². The topological polar surface area (TPSA) is 67.6 Å². The molecule has 0 aromatic heterocycles. The first kappa shape index (κ1) is 10.1. The lowest BCUT2D eigenvalue weighted by Crippen LogP contribution is -2.52. The molecule has 5 heteroatoms. The molecule has 2 aliphatic rings. The fourth-order valence-electron chi connectivity index (χ4n) is 2.38. The van der Waals surface area contributed by atoms with Crippen molar-refractivity contribution < 1.29 is 0 Å². The molecule has 4 N–H and O–H groups in total. The van der Waals surface area contributed by atoms with Crippen LogP contribution in [0.15, 0.2) is 4.99 Å². The minimum atomic E-state index is 0.228. The van der Waals surface area contributed by atoms with Gasteiger partial charge < -0.3 is 11.5 Å². The van der Waals surface area contributed by atoms with Crippen molar-refractivity contribution in [2.75, 3.05) is 13.1 Å². The van der Waals surface area contributed by atoms with Crippen LogP contribution in [-0.4, -0.2) is 41.3 Å². The third-order valence-corrected chi connectivity index (χ3v) is 3.44. The summed E-state index contributed by atoms with van der Waals surface area (Å²) in [7, 11) is 0. The Hall–Kier alpha value is -0.420. The molecule has 0 amide bonds. The average Bonchev–Trinajstić information content (AvgIpc) is 2.46. The summed E-state index contributed by atoms with van der Waals surface area (Å²) in [4.78, 5) is 6.70. The second kappa shape index (κ2) is 3.98. The van der Waals surface area contributed by atoms with Crippen LogP contribution in [-0.2, 0) is 0 Å². The van der Waals surface area contributed by atoms with Gasteiger partial charge in [-0.2, -0.15) is 12.6 Å². The van der Waals surface area contributed by atoms with E-state index in [-0.39, 0.29) is 5.96 Å². The number of aliphatic imine (C=N–C) groups is 1. The number of nitrogens with two attached hydrogens (primary N) is 2. The molecule has 0 radical (unpaired) electrons. The highest BCUT2D eigenvalue weighted by Gasteiger charge is 2.35. The lowest BCUT2D eigenvalue weighted by atomic mass is 10.1. The second-order valence-corrected chi connectivity index (χ2v) is 5.01. The molecule has 0 aromatic rings. The quantitative estimate of drug-likeness (QED) is 0.339. The van der Waals surface area contributed by atoms with E-state index in [9.17, 15) is 0 Å². The molecule has 2 rings (SSSR count). The lowest BCUT2D eigenvalue weighted by molar-refractivity contribution is 0.128. The van der Waals surface area contributed by atoms with Gasteiger partial charge in [0, 0.05) is 24.4 Å². The average molecular weight is 214 g/mol. The van der Waals surface area contributed by atoms with Gasteiger partial charge >= 0.3 is 0 Å². The largest absolute Gasteiger partial charge is 0.370 e. The van der Waals surface area contributed by atoms with Crippen LogP contribution in [0, 0.1) is 0 Å². The van der Waals surface area contributed by atoms with Crippen LogP contribution in [0.2, 0.25) is 0 Å². The number of nitrogens with zero attached hydrogens (tertiary/aromatic N) is 2. The van der Waals surface area contributed by atoms with E-state index in [1.165, 1.54) is 6.42 Å². The summed E-state index contributed by atoms with van der Waals surface area (Å²) in [5.74, 6) is 0.228. The molecule has 14 heavy (non-hydrogen) atoms. The highest BCUT2D eigenvalue weighted by Crippen LogP contribution is 2.30. The maximum Gasteiger partial charge on any atom is 0.186 e. The lowest BCUT2D eigenvalue weighted by Gasteiger charge is -2.41. The summed E-state index contributed by atoms with van der Waals surface area (Å²) < 4.78 is 0. The summed E-state index contributed by atoms with van der Waals surface area (Å²) in [6.45, 7) is 2.25. The molecule has 0 spiro atoms. The maximum atomic E-state index is 5.36. The number of rotatable bonds is 2. The number of guanidine groups is 1. The summed E-state index contributed by atoms with van der Waals surface area (Å²) in [5.41, 5.74) is 10.7. The zero-order valence-corrected chi connectivity index (χ0v) is 9.16. The molecule has 1 aliphatic heterocycles. The predicted molar refractivity (Wildman–Crippen MR) is 61.6 cm³/mol. The monoisotopic (exact) mass is 214 g/mol. The number of thiol groups is 1. The normalized spacial score (nSPS) is 34.1. The number of likely N-dealkylation sites (tertiary alicyclic amines) is 1. The Morgan fingerprint density at radius 1 is 1.29 bits per heavy atom. The Balaban J connectivity index is 1.80. The van der Waals surface area contributed by atoms with Gasteiger partial charge in [-0.1, -0.05) is 0 Å². The molecule has 0 bridgehead atoms. The van der Waals surface area contributed by atoms with Crippen LogP contribution in [0.3, 0.4) is 0 Å². The molecule has 2 atom stereocenters. The van der Waals surface area contributed by atoms with Crippen molar-refractivity contribution in [1.82, 2.24) is 4.90 Å². The fraction of sp³-hybridized carbons (Fsp3) is 0.889. The van der Waals surface area contributed by atoms with Gasteiger partial charge in [0.05, 0.1) is 6.04 Å². The van der Waals surface area contributed by atoms with E-state index in [2.05, 4.69) is 22.5 Å². The van der Waals surface area contributed by atoms with Crippen LogP contribution in [0.5, 0.6) is 0 Å². The van der Waals surface area contributed by atoms with Crippen molar-refractivity contribution >= 4 is 18.6 Å². The fourth-order valence-corrected chi connectivity index (χ4v) is 2.80. The molecule has 0 unspecified atom stereocenters. The van der Waals surface area contributed by atoms with Gasteiger partial charge in [-0.3, -0.25) is 9.89 Å². The standard InChI is InChI=1S/C9H18N4S/c10-9(11)12-6-1-2-7(3-6)13-4-8(14)5-13/h6-8,14H,1-5H2,(H4,10,11,12)/t6-,7-/m0/s1. The van der Waals surface area contributed by atoms with Gasteiger partial charge in [0.1, 0.15) is 0 Å². The summed E-state index contributed by atoms with van der Waals surface area (Å²) in [6, 6.07) is 1.04. The summed E-state index contributed by atoms with van der Waals surface area (Å²) in [6.07, 6.45) is 3.46. The molecule has 1 saturated heterocycles. The zero-order valence-electron chi connectivity index (χ0n) is 8.26. The minimum Gasteiger partial charge on any atom is -0.370 e. The first-order valence-corrected chi connectivity index (χ1v) is 5.67. The highest BCUT2D eigenvalue weighted by molar-refractivity contribution is 7.81. The van der Waals surface area contributed by atoms with Gasteiger partial charge in [-0.15, -0.1) is 0 Å². The second-order valence-electron chi connectivity index (χ2n) is 4.28. The van der Waals surface area contributed by atoms with Gasteiger partial charge in [0.25, 0.3) is 0 Å². The van der Waals surface area contributed by atoms with E-state index in [1.54, 1.807) is 0 Å². The Kier molecular flexibility index (Phi) is 2.88. The first-order valence-electron chi connectivity index (χ1n) is 5.16. The van der Waals surface area contributed by atoms with Gasteiger partial charge in [-0.05, 0) is 19.3 Å². The van der Waals surface area contributed by atoms with Crippen LogP contribution in [0.25, 0.3) is 0 Å². The molecular formula is C9H18N4S. The SMILES string of the molecule is NC(N)=N[C@H]1CC[C@H](N2CC(S)C2)C1. The zero-order chi connectivity index (χ0) is 10.1. The maximum absolute atomic E-state index is 5.36.